The molecule has 4 heterocycles. The molecule has 35 heavy (non-hydrogen) atoms. The van der Waals surface area contributed by atoms with E-state index >= 15 is 0 Å². The van der Waals surface area contributed by atoms with Crippen LogP contribution >= 0.6 is 11.3 Å². The van der Waals surface area contributed by atoms with Gasteiger partial charge in [0.25, 0.3) is 5.56 Å². The average molecular weight is 489 g/mol. The van der Waals surface area contributed by atoms with E-state index in [0.29, 0.717) is 0 Å². The third-order valence-corrected chi connectivity index (χ3v) is 7.86. The first-order valence-corrected chi connectivity index (χ1v) is 13.4. The summed E-state index contributed by atoms with van der Waals surface area (Å²) >= 11 is 1.81. The topological polar surface area (TPSA) is 51.0 Å². The fraction of sp³-hybridized carbons (Fsp3) is 0.414. The van der Waals surface area contributed by atoms with Gasteiger partial charge in [0.1, 0.15) is 5.82 Å². The van der Waals surface area contributed by atoms with Crippen molar-refractivity contribution in [2.45, 2.75) is 66.8 Å². The van der Waals surface area contributed by atoms with Crippen LogP contribution in [0.25, 0.3) is 16.0 Å². The molecule has 0 unspecified atom stereocenters. The second kappa shape index (κ2) is 10.7. The normalized spacial score (nSPS) is 14.7. The van der Waals surface area contributed by atoms with Gasteiger partial charge in [-0.1, -0.05) is 26.3 Å². The largest absolute Gasteiger partial charge is 0.367 e. The first-order valence-electron chi connectivity index (χ1n) is 12.6. The molecule has 3 aromatic rings. The molecule has 0 atom stereocenters. The lowest BCUT2D eigenvalue weighted by Gasteiger charge is -2.33. The number of aromatic nitrogens is 3. The lowest BCUT2D eigenvalue weighted by molar-refractivity contribution is 0.324. The maximum absolute atomic E-state index is 12.4. The van der Waals surface area contributed by atoms with Crippen LogP contribution in [0.4, 0.5) is 0 Å². The summed E-state index contributed by atoms with van der Waals surface area (Å²) in [5, 5.41) is 2.19. The lowest BCUT2D eigenvalue weighted by atomic mass is 9.98. The maximum atomic E-state index is 12.4. The van der Waals surface area contributed by atoms with Gasteiger partial charge in [-0.2, -0.15) is 0 Å². The number of rotatable bonds is 7. The molecule has 0 saturated heterocycles. The van der Waals surface area contributed by atoms with Crippen molar-refractivity contribution >= 4 is 16.9 Å². The predicted octanol–water partition coefficient (Wildman–Crippen LogP) is 6.31. The van der Waals surface area contributed by atoms with Crippen molar-refractivity contribution in [1.29, 1.82) is 0 Å². The van der Waals surface area contributed by atoms with Crippen molar-refractivity contribution in [2.24, 2.45) is 7.05 Å². The molecule has 0 saturated carbocycles. The molecule has 0 radical (unpaired) electrons. The Morgan fingerprint density at radius 2 is 2.03 bits per heavy atom. The van der Waals surface area contributed by atoms with E-state index in [0.717, 1.165) is 61.4 Å². The van der Waals surface area contributed by atoms with Gasteiger partial charge in [-0.3, -0.25) is 14.3 Å². The van der Waals surface area contributed by atoms with E-state index in [4.69, 9.17) is 9.97 Å². The number of pyridine rings is 1. The van der Waals surface area contributed by atoms with E-state index in [1.807, 2.05) is 18.3 Å². The minimum Gasteiger partial charge on any atom is -0.367 e. The molecule has 0 N–H and O–H groups in total. The number of hydrogen-bond acceptors (Lipinski definition) is 5. The van der Waals surface area contributed by atoms with Crippen LogP contribution in [0, 0.1) is 6.92 Å². The minimum absolute atomic E-state index is 0.0257. The van der Waals surface area contributed by atoms with Gasteiger partial charge >= 0.3 is 0 Å². The predicted molar refractivity (Wildman–Crippen MR) is 147 cm³/mol. The summed E-state index contributed by atoms with van der Waals surface area (Å²) in [6, 6.07) is 6.18. The summed E-state index contributed by atoms with van der Waals surface area (Å²) in [5.74, 6) is 0.733. The van der Waals surface area contributed by atoms with E-state index in [9.17, 15) is 4.79 Å². The standard InChI is InChI=1S/C29H36N4OS/c1-7-9-22-12-14-35-28(22)23-16-24-18-33(13-11-25(24)30-17-23)26(10-8-2)20(4)21(5)29-31-19(3)15-27(34)32(29)6/h10,12,14-17H,7-9,11,13,18H2,1-6H3/b21-20-,26-10-. The number of nitrogens with zero attached hydrogens (tertiary/aromatic N) is 4. The van der Waals surface area contributed by atoms with Crippen LogP contribution in [0.2, 0.25) is 0 Å². The van der Waals surface area contributed by atoms with Gasteiger partial charge in [0, 0.05) is 66.3 Å². The second-order valence-electron chi connectivity index (χ2n) is 9.39. The van der Waals surface area contributed by atoms with Gasteiger partial charge in [-0.25, -0.2) is 4.98 Å². The number of thiophene rings is 1. The zero-order valence-corrected chi connectivity index (χ0v) is 22.6. The fourth-order valence-electron chi connectivity index (χ4n) is 4.87. The van der Waals surface area contributed by atoms with Crippen LogP contribution in [0.3, 0.4) is 0 Å². The van der Waals surface area contributed by atoms with E-state index in [-0.39, 0.29) is 5.56 Å². The molecule has 5 nitrogen and oxygen atoms in total. The number of aryl methyl sites for hydroxylation is 2. The molecule has 0 aromatic carbocycles. The van der Waals surface area contributed by atoms with E-state index in [1.165, 1.54) is 33.0 Å². The van der Waals surface area contributed by atoms with E-state index in [1.54, 1.807) is 17.7 Å². The zero-order chi connectivity index (χ0) is 25.1. The van der Waals surface area contributed by atoms with Crippen LogP contribution in [0.5, 0.6) is 0 Å². The van der Waals surface area contributed by atoms with Crippen molar-refractivity contribution < 1.29 is 0 Å². The summed E-state index contributed by atoms with van der Waals surface area (Å²) in [6.07, 6.45) is 8.47. The van der Waals surface area contributed by atoms with Crippen LogP contribution in [-0.4, -0.2) is 26.0 Å². The Labute approximate surface area is 212 Å². The Morgan fingerprint density at radius 1 is 1.23 bits per heavy atom. The smallest absolute Gasteiger partial charge is 0.253 e. The van der Waals surface area contributed by atoms with Crippen LogP contribution in [0.15, 0.2) is 51.9 Å². The Bertz CT molecular complexity index is 1340. The zero-order valence-electron chi connectivity index (χ0n) is 21.8. The highest BCUT2D eigenvalue weighted by Gasteiger charge is 2.23. The summed E-state index contributed by atoms with van der Waals surface area (Å²) in [4.78, 5) is 25.8. The molecule has 4 rings (SSSR count). The average Bonchev–Trinajstić information content (AvgIpc) is 3.31. The van der Waals surface area contributed by atoms with Crippen molar-refractivity contribution in [3.63, 3.8) is 0 Å². The Hall–Kier alpha value is -2.99. The first-order chi connectivity index (χ1) is 16.8. The Morgan fingerprint density at radius 3 is 2.77 bits per heavy atom. The molecule has 0 bridgehead atoms. The number of allylic oxidation sites excluding steroid dienone is 3. The summed E-state index contributed by atoms with van der Waals surface area (Å²) in [6.45, 7) is 12.3. The molecular weight excluding hydrogens is 452 g/mol. The fourth-order valence-corrected chi connectivity index (χ4v) is 5.81. The highest BCUT2D eigenvalue weighted by Crippen LogP contribution is 2.34. The van der Waals surface area contributed by atoms with Gasteiger partial charge in [-0.15, -0.1) is 11.3 Å². The van der Waals surface area contributed by atoms with E-state index < -0.39 is 0 Å². The van der Waals surface area contributed by atoms with Crippen LogP contribution in [-0.2, 0) is 26.4 Å². The molecule has 0 amide bonds. The van der Waals surface area contributed by atoms with Crippen LogP contribution in [0.1, 0.15) is 68.9 Å². The highest BCUT2D eigenvalue weighted by atomic mass is 32.1. The Kier molecular flexibility index (Phi) is 7.70. The summed E-state index contributed by atoms with van der Waals surface area (Å²) in [7, 11) is 1.80. The molecule has 184 valence electrons. The molecule has 6 heteroatoms. The van der Waals surface area contributed by atoms with Gasteiger partial charge in [0.05, 0.1) is 0 Å². The number of hydrogen-bond donors (Lipinski definition) is 0. The molecule has 0 fully saturated rings. The van der Waals surface area contributed by atoms with Gasteiger partial charge in [-0.05, 0) is 73.4 Å². The SMILES string of the molecule is CC/C=C(/C(C)=C(/C)c1nc(C)cc(=O)n1C)N1CCc2ncc(-c3sccc3CCC)cc2C1. The Balaban J connectivity index is 1.69. The monoisotopic (exact) mass is 488 g/mol. The van der Waals surface area contributed by atoms with Gasteiger partial charge < -0.3 is 4.90 Å². The van der Waals surface area contributed by atoms with Crippen molar-refractivity contribution in [1.82, 2.24) is 19.4 Å². The quantitative estimate of drug-likeness (QED) is 0.366. The highest BCUT2D eigenvalue weighted by molar-refractivity contribution is 7.13. The van der Waals surface area contributed by atoms with Crippen molar-refractivity contribution in [3.8, 4) is 10.4 Å². The van der Waals surface area contributed by atoms with Gasteiger partial charge in [0.2, 0.25) is 0 Å². The molecule has 0 aliphatic carbocycles. The van der Waals surface area contributed by atoms with Crippen molar-refractivity contribution in [2.75, 3.05) is 6.54 Å². The molecular formula is C29H36N4OS. The minimum atomic E-state index is -0.0257. The van der Waals surface area contributed by atoms with Crippen molar-refractivity contribution in [3.05, 3.63) is 85.8 Å². The molecule has 0 spiro atoms. The number of fused-ring (bicyclic) bond motifs is 1. The third kappa shape index (κ3) is 5.18. The molecule has 1 aliphatic rings. The summed E-state index contributed by atoms with van der Waals surface area (Å²) in [5.41, 5.74) is 9.30. The summed E-state index contributed by atoms with van der Waals surface area (Å²) < 4.78 is 1.64. The van der Waals surface area contributed by atoms with Gasteiger partial charge in [0.15, 0.2) is 0 Å². The first kappa shape index (κ1) is 25.1. The van der Waals surface area contributed by atoms with E-state index in [2.05, 4.69) is 62.4 Å². The molecule has 3 aromatic heterocycles. The maximum Gasteiger partial charge on any atom is 0.253 e. The third-order valence-electron chi connectivity index (χ3n) is 6.85. The second-order valence-corrected chi connectivity index (χ2v) is 10.3. The molecule has 1 aliphatic heterocycles. The lowest BCUT2D eigenvalue weighted by Crippen LogP contribution is -2.31. The van der Waals surface area contributed by atoms with Crippen LogP contribution < -0.4 is 5.56 Å².